The van der Waals surface area contributed by atoms with Gasteiger partial charge in [0, 0.05) is 23.5 Å². The van der Waals surface area contributed by atoms with Gasteiger partial charge in [0.25, 0.3) is 5.91 Å². The molecule has 1 aliphatic heterocycles. The van der Waals surface area contributed by atoms with E-state index in [1.807, 2.05) is 13.0 Å². The first-order chi connectivity index (χ1) is 14.6. The van der Waals surface area contributed by atoms with Crippen LogP contribution >= 0.6 is 23.2 Å². The summed E-state index contributed by atoms with van der Waals surface area (Å²) >= 11 is 11.9. The number of halogens is 2. The molecule has 0 radical (unpaired) electrons. The Morgan fingerprint density at radius 1 is 1.19 bits per heavy atom. The number of likely N-dealkylation sites (N-methyl/N-ethyl adjacent to an activating group) is 1. The van der Waals surface area contributed by atoms with Crippen LogP contribution in [0, 0.1) is 18.3 Å². The molecule has 0 spiro atoms. The van der Waals surface area contributed by atoms with Crippen LogP contribution in [0.15, 0.2) is 42.0 Å². The Morgan fingerprint density at radius 2 is 1.90 bits per heavy atom. The molecule has 0 unspecified atom stereocenters. The van der Waals surface area contributed by atoms with E-state index in [0.29, 0.717) is 15.7 Å². The first-order valence-corrected chi connectivity index (χ1v) is 10.8. The van der Waals surface area contributed by atoms with Gasteiger partial charge >= 0.3 is 0 Å². The molecule has 1 N–H and O–H groups in total. The molecule has 4 nitrogen and oxygen atoms in total. The number of nitriles is 1. The molecule has 0 aromatic heterocycles. The fourth-order valence-electron chi connectivity index (χ4n) is 4.05. The summed E-state index contributed by atoms with van der Waals surface area (Å²) < 4.78 is 0. The predicted molar refractivity (Wildman–Crippen MR) is 131 cm³/mol. The lowest BCUT2D eigenvalue weighted by Gasteiger charge is -2.43. The Balaban J connectivity index is 1.98. The number of nitrogens with zero attached hydrogens (tertiary/aromatic N) is 2. The van der Waals surface area contributed by atoms with Gasteiger partial charge in [-0.3, -0.25) is 4.79 Å². The number of aryl methyl sites for hydroxylation is 1. The van der Waals surface area contributed by atoms with Crippen molar-refractivity contribution in [3.63, 3.8) is 0 Å². The summed E-state index contributed by atoms with van der Waals surface area (Å²) in [5.74, 6) is -0.499. The van der Waals surface area contributed by atoms with Gasteiger partial charge in [0.2, 0.25) is 0 Å². The number of nitrogens with one attached hydrogen (secondary N) is 1. The van der Waals surface area contributed by atoms with E-state index in [0.717, 1.165) is 23.2 Å². The highest BCUT2D eigenvalue weighted by Crippen LogP contribution is 2.40. The number of fused-ring (bicyclic) bond motifs is 1. The van der Waals surface area contributed by atoms with Gasteiger partial charge in [-0.15, -0.1) is 0 Å². The van der Waals surface area contributed by atoms with Crippen LogP contribution in [0.2, 0.25) is 10.0 Å². The number of carbonyl (C=O) groups is 1. The largest absolute Gasteiger partial charge is 0.363 e. The molecule has 0 atom stereocenters. The van der Waals surface area contributed by atoms with E-state index in [2.05, 4.69) is 56.1 Å². The zero-order valence-electron chi connectivity index (χ0n) is 18.3. The van der Waals surface area contributed by atoms with E-state index >= 15 is 0 Å². The van der Waals surface area contributed by atoms with Crippen LogP contribution in [0.5, 0.6) is 0 Å². The topological polar surface area (TPSA) is 56.1 Å². The van der Waals surface area contributed by atoms with Crippen molar-refractivity contribution < 1.29 is 4.79 Å². The molecule has 1 amide bonds. The Kier molecular flexibility index (Phi) is 6.50. The second kappa shape index (κ2) is 8.78. The minimum absolute atomic E-state index is 0.0132. The Bertz CT molecular complexity index is 1160. The van der Waals surface area contributed by atoms with E-state index in [1.54, 1.807) is 24.3 Å². The minimum atomic E-state index is -0.499. The van der Waals surface area contributed by atoms with Crippen LogP contribution in [-0.4, -0.2) is 18.0 Å². The summed E-state index contributed by atoms with van der Waals surface area (Å²) in [7, 11) is 0. The number of allylic oxidation sites excluding steroid dienone is 1. The zero-order valence-corrected chi connectivity index (χ0v) is 19.8. The average molecular weight is 454 g/mol. The first-order valence-electron chi connectivity index (χ1n) is 10.1. The molecule has 0 bridgehead atoms. The number of amides is 1. The Morgan fingerprint density at radius 3 is 2.52 bits per heavy atom. The normalized spacial score (nSPS) is 15.1. The van der Waals surface area contributed by atoms with Crippen LogP contribution in [0.3, 0.4) is 0 Å². The maximum Gasteiger partial charge on any atom is 0.266 e. The van der Waals surface area contributed by atoms with E-state index in [1.165, 1.54) is 11.3 Å². The molecule has 1 aliphatic rings. The molecule has 6 heteroatoms. The van der Waals surface area contributed by atoms with Crippen LogP contribution in [0.4, 0.5) is 11.4 Å². The number of benzene rings is 2. The number of anilines is 2. The molecule has 1 heterocycles. The van der Waals surface area contributed by atoms with Gasteiger partial charge in [0.05, 0.1) is 15.6 Å². The van der Waals surface area contributed by atoms with Crippen LogP contribution in [0.25, 0.3) is 11.6 Å². The third-order valence-corrected chi connectivity index (χ3v) is 6.26. The van der Waals surface area contributed by atoms with Gasteiger partial charge < -0.3 is 10.2 Å². The lowest BCUT2D eigenvalue weighted by atomic mass is 9.86. The molecule has 31 heavy (non-hydrogen) atoms. The second-order valence-electron chi connectivity index (χ2n) is 8.20. The fraction of sp³-hybridized carbons (Fsp3) is 0.280. The van der Waals surface area contributed by atoms with Gasteiger partial charge in [0.1, 0.15) is 11.6 Å². The first kappa shape index (κ1) is 22.9. The van der Waals surface area contributed by atoms with E-state index in [-0.39, 0.29) is 11.1 Å². The van der Waals surface area contributed by atoms with Crippen molar-refractivity contribution in [2.24, 2.45) is 0 Å². The lowest BCUT2D eigenvalue weighted by molar-refractivity contribution is -0.112. The molecular weight excluding hydrogens is 429 g/mol. The van der Waals surface area contributed by atoms with Crippen molar-refractivity contribution in [1.29, 1.82) is 5.26 Å². The number of hydrogen-bond acceptors (Lipinski definition) is 3. The van der Waals surface area contributed by atoms with Crippen LogP contribution in [-0.2, 0) is 4.79 Å². The number of hydrogen-bond donors (Lipinski definition) is 1. The summed E-state index contributed by atoms with van der Waals surface area (Å²) in [6.45, 7) is 11.5. The van der Waals surface area contributed by atoms with Crippen LogP contribution < -0.4 is 10.2 Å². The highest BCUT2D eigenvalue weighted by Gasteiger charge is 2.30. The standard InChI is InChI=1S/C25H25Cl2N3O/c1-6-30-23-9-15(2)17(11-20(23)16(3)13-25(30,4)5)10-18(14-28)24(31)29-19-7-8-21(26)22(27)12-19/h7-13H,6H2,1-5H3,(H,29,31)/b18-10-. The monoisotopic (exact) mass is 453 g/mol. The molecule has 0 fully saturated rings. The predicted octanol–water partition coefficient (Wildman–Crippen LogP) is 6.87. The zero-order chi connectivity index (χ0) is 22.9. The van der Waals surface area contributed by atoms with Crippen molar-refractivity contribution in [1.82, 2.24) is 0 Å². The highest BCUT2D eigenvalue weighted by atomic mass is 35.5. The van der Waals surface area contributed by atoms with Crippen molar-refractivity contribution in [2.45, 2.75) is 40.2 Å². The number of rotatable bonds is 4. The summed E-state index contributed by atoms with van der Waals surface area (Å²) in [6, 6.07) is 11.0. The Hall–Kier alpha value is -2.74. The van der Waals surface area contributed by atoms with Gasteiger partial charge in [-0.05, 0) is 87.7 Å². The van der Waals surface area contributed by atoms with Crippen molar-refractivity contribution in [2.75, 3.05) is 16.8 Å². The van der Waals surface area contributed by atoms with Gasteiger partial charge in [-0.1, -0.05) is 29.3 Å². The molecule has 2 aromatic carbocycles. The maximum atomic E-state index is 12.7. The fourth-order valence-corrected chi connectivity index (χ4v) is 4.35. The summed E-state index contributed by atoms with van der Waals surface area (Å²) in [4.78, 5) is 15.1. The molecule has 0 saturated heterocycles. The Labute approximate surface area is 193 Å². The molecule has 2 aromatic rings. The molecule has 0 aliphatic carbocycles. The van der Waals surface area contributed by atoms with Gasteiger partial charge in [0.15, 0.2) is 0 Å². The van der Waals surface area contributed by atoms with E-state index in [9.17, 15) is 10.1 Å². The van der Waals surface area contributed by atoms with Crippen molar-refractivity contribution >= 4 is 52.1 Å². The molecule has 0 saturated carbocycles. The van der Waals surface area contributed by atoms with Gasteiger partial charge in [-0.25, -0.2) is 0 Å². The summed E-state index contributed by atoms with van der Waals surface area (Å²) in [6.07, 6.45) is 3.88. The number of carbonyl (C=O) groups excluding carboxylic acids is 1. The summed E-state index contributed by atoms with van der Waals surface area (Å²) in [5.41, 5.74) is 5.70. The third-order valence-electron chi connectivity index (χ3n) is 5.52. The molecule has 160 valence electrons. The third kappa shape index (κ3) is 4.63. The smallest absolute Gasteiger partial charge is 0.266 e. The quantitative estimate of drug-likeness (QED) is 0.405. The van der Waals surface area contributed by atoms with E-state index < -0.39 is 5.91 Å². The average Bonchev–Trinajstić information content (AvgIpc) is 2.69. The molecular formula is C25H25Cl2N3O. The van der Waals surface area contributed by atoms with Crippen molar-refractivity contribution in [3.8, 4) is 6.07 Å². The second-order valence-corrected chi connectivity index (χ2v) is 9.02. The van der Waals surface area contributed by atoms with E-state index in [4.69, 9.17) is 23.2 Å². The SMILES string of the molecule is CCN1c2cc(C)c(/C=C(/C#N)C(=O)Nc3ccc(Cl)c(Cl)c3)cc2C(C)=CC1(C)C. The minimum Gasteiger partial charge on any atom is -0.363 e. The highest BCUT2D eigenvalue weighted by molar-refractivity contribution is 6.42. The summed E-state index contributed by atoms with van der Waals surface area (Å²) in [5, 5.41) is 13.1. The maximum absolute atomic E-state index is 12.7. The lowest BCUT2D eigenvalue weighted by Crippen LogP contribution is -2.44. The molecule has 3 rings (SSSR count). The van der Waals surface area contributed by atoms with Crippen molar-refractivity contribution in [3.05, 3.63) is 68.7 Å². The van der Waals surface area contributed by atoms with Crippen LogP contribution in [0.1, 0.15) is 44.4 Å². The van der Waals surface area contributed by atoms with Gasteiger partial charge in [-0.2, -0.15) is 5.26 Å².